The van der Waals surface area contributed by atoms with E-state index in [1.165, 1.54) is 12.8 Å². The van der Waals surface area contributed by atoms with E-state index in [1.807, 2.05) is 12.1 Å². The molecule has 0 radical (unpaired) electrons. The monoisotopic (exact) mass is 297 g/mol. The molecule has 2 rings (SSSR count). The van der Waals surface area contributed by atoms with Gasteiger partial charge in [0.05, 0.1) is 4.90 Å². The average Bonchev–Trinajstić information content (AvgIpc) is 2.92. The first-order valence-corrected chi connectivity index (χ1v) is 8.67. The smallest absolute Gasteiger partial charge is 0.240 e. The van der Waals surface area contributed by atoms with Crippen LogP contribution in [0.2, 0.25) is 0 Å². The third kappa shape index (κ3) is 4.19. The minimum absolute atomic E-state index is 0.308. The Hall–Kier alpha value is -1.11. The summed E-state index contributed by atoms with van der Waals surface area (Å²) < 4.78 is 26.1. The van der Waals surface area contributed by atoms with Crippen molar-refractivity contribution in [1.82, 2.24) is 10.0 Å². The number of rotatable bonds is 7. The average molecular weight is 297 g/mol. The van der Waals surface area contributed by atoms with Gasteiger partial charge < -0.3 is 10.6 Å². The first kappa shape index (κ1) is 15.3. The summed E-state index contributed by atoms with van der Waals surface area (Å²) in [6.45, 7) is 4.19. The molecule has 1 saturated heterocycles. The molecule has 1 atom stereocenters. The van der Waals surface area contributed by atoms with Crippen molar-refractivity contribution in [1.29, 1.82) is 0 Å². The Labute approximate surface area is 121 Å². The van der Waals surface area contributed by atoms with Crippen molar-refractivity contribution in [2.24, 2.45) is 0 Å². The van der Waals surface area contributed by atoms with Crippen LogP contribution in [0.25, 0.3) is 0 Å². The van der Waals surface area contributed by atoms with Crippen molar-refractivity contribution in [2.45, 2.75) is 37.1 Å². The Morgan fingerprint density at radius 3 is 2.65 bits per heavy atom. The van der Waals surface area contributed by atoms with Crippen LogP contribution in [0.4, 0.5) is 5.69 Å². The van der Waals surface area contributed by atoms with Crippen molar-refractivity contribution in [2.75, 3.05) is 25.0 Å². The van der Waals surface area contributed by atoms with E-state index >= 15 is 0 Å². The SMILES string of the molecule is CCNS(=O)(=O)c1ccc(NCCC2CCCN2)cc1. The highest BCUT2D eigenvalue weighted by atomic mass is 32.2. The molecule has 0 aliphatic carbocycles. The summed E-state index contributed by atoms with van der Waals surface area (Å²) in [5, 5.41) is 6.79. The second-order valence-electron chi connectivity index (χ2n) is 5.03. The Kier molecular flexibility index (Phi) is 5.39. The summed E-state index contributed by atoms with van der Waals surface area (Å²) in [5.74, 6) is 0. The van der Waals surface area contributed by atoms with Gasteiger partial charge in [0.15, 0.2) is 0 Å². The molecule has 6 heteroatoms. The van der Waals surface area contributed by atoms with Gasteiger partial charge in [-0.2, -0.15) is 0 Å². The minimum atomic E-state index is -3.35. The van der Waals surface area contributed by atoms with Gasteiger partial charge in [0.25, 0.3) is 0 Å². The van der Waals surface area contributed by atoms with E-state index in [2.05, 4.69) is 15.4 Å². The normalized spacial score (nSPS) is 19.1. The molecule has 1 aliphatic rings. The number of hydrogen-bond donors (Lipinski definition) is 3. The molecule has 1 aromatic rings. The molecule has 0 aromatic heterocycles. The Morgan fingerprint density at radius 2 is 2.05 bits per heavy atom. The number of benzene rings is 1. The van der Waals surface area contributed by atoms with E-state index in [0.717, 1.165) is 25.2 Å². The van der Waals surface area contributed by atoms with E-state index in [9.17, 15) is 8.42 Å². The third-order valence-corrected chi connectivity index (χ3v) is 5.04. The van der Waals surface area contributed by atoms with Crippen LogP contribution in [0.1, 0.15) is 26.2 Å². The predicted octanol–water partition coefficient (Wildman–Crippen LogP) is 1.54. The van der Waals surface area contributed by atoms with Gasteiger partial charge in [-0.3, -0.25) is 0 Å². The maximum atomic E-state index is 11.8. The maximum absolute atomic E-state index is 11.8. The highest BCUT2D eigenvalue weighted by Crippen LogP contribution is 2.15. The summed E-state index contributed by atoms with van der Waals surface area (Å²) in [5.41, 5.74) is 0.957. The highest BCUT2D eigenvalue weighted by Gasteiger charge is 2.13. The molecule has 112 valence electrons. The van der Waals surface area contributed by atoms with E-state index < -0.39 is 10.0 Å². The molecule has 1 aromatic carbocycles. The second-order valence-corrected chi connectivity index (χ2v) is 6.80. The fraction of sp³-hybridized carbons (Fsp3) is 0.571. The van der Waals surface area contributed by atoms with E-state index in [-0.39, 0.29) is 0 Å². The molecule has 0 saturated carbocycles. The lowest BCUT2D eigenvalue weighted by Gasteiger charge is -2.12. The van der Waals surface area contributed by atoms with Crippen molar-refractivity contribution < 1.29 is 8.42 Å². The lowest BCUT2D eigenvalue weighted by molar-refractivity contribution is 0.574. The van der Waals surface area contributed by atoms with Crippen LogP contribution < -0.4 is 15.4 Å². The van der Waals surface area contributed by atoms with Crippen LogP contribution in [0.5, 0.6) is 0 Å². The van der Waals surface area contributed by atoms with Crippen LogP contribution in [-0.2, 0) is 10.0 Å². The van der Waals surface area contributed by atoms with Crippen LogP contribution >= 0.6 is 0 Å². The summed E-state index contributed by atoms with van der Waals surface area (Å²) >= 11 is 0. The van der Waals surface area contributed by atoms with Crippen molar-refractivity contribution >= 4 is 15.7 Å². The highest BCUT2D eigenvalue weighted by molar-refractivity contribution is 7.89. The van der Waals surface area contributed by atoms with Gasteiger partial charge in [0, 0.05) is 24.8 Å². The number of hydrogen-bond acceptors (Lipinski definition) is 4. The van der Waals surface area contributed by atoms with Gasteiger partial charge >= 0.3 is 0 Å². The van der Waals surface area contributed by atoms with Gasteiger partial charge in [-0.15, -0.1) is 0 Å². The molecule has 0 amide bonds. The standard InChI is InChI=1S/C14H23N3O2S/c1-2-17-20(18,19)14-7-5-13(6-8-14)16-11-9-12-4-3-10-15-12/h5-8,12,15-17H,2-4,9-11H2,1H3. The van der Waals surface area contributed by atoms with Gasteiger partial charge in [-0.05, 0) is 50.1 Å². The van der Waals surface area contributed by atoms with Gasteiger partial charge in [-0.25, -0.2) is 13.1 Å². The molecule has 20 heavy (non-hydrogen) atoms. The molecule has 1 fully saturated rings. The molecule has 0 bridgehead atoms. The number of sulfonamides is 1. The third-order valence-electron chi connectivity index (χ3n) is 3.48. The summed E-state index contributed by atoms with van der Waals surface area (Å²) in [6.07, 6.45) is 3.61. The maximum Gasteiger partial charge on any atom is 0.240 e. The van der Waals surface area contributed by atoms with Crippen LogP contribution in [0.3, 0.4) is 0 Å². The molecule has 0 spiro atoms. The van der Waals surface area contributed by atoms with Crippen LogP contribution in [-0.4, -0.2) is 34.1 Å². The molecular weight excluding hydrogens is 274 g/mol. The first-order valence-electron chi connectivity index (χ1n) is 7.19. The van der Waals surface area contributed by atoms with E-state index in [0.29, 0.717) is 17.5 Å². The molecular formula is C14H23N3O2S. The molecule has 1 aliphatic heterocycles. The summed E-state index contributed by atoms with van der Waals surface area (Å²) in [4.78, 5) is 0.308. The van der Waals surface area contributed by atoms with Crippen LogP contribution in [0, 0.1) is 0 Å². The fourth-order valence-corrected chi connectivity index (χ4v) is 3.46. The minimum Gasteiger partial charge on any atom is -0.385 e. The first-order chi connectivity index (χ1) is 9.62. The fourth-order valence-electron chi connectivity index (χ4n) is 2.42. The Morgan fingerprint density at radius 1 is 1.30 bits per heavy atom. The lowest BCUT2D eigenvalue weighted by Crippen LogP contribution is -2.24. The van der Waals surface area contributed by atoms with E-state index in [4.69, 9.17) is 0 Å². The Balaban J connectivity index is 1.85. The number of nitrogens with one attached hydrogen (secondary N) is 3. The van der Waals surface area contributed by atoms with Crippen LogP contribution in [0.15, 0.2) is 29.2 Å². The van der Waals surface area contributed by atoms with Gasteiger partial charge in [0.1, 0.15) is 0 Å². The molecule has 1 unspecified atom stereocenters. The molecule has 1 heterocycles. The second kappa shape index (κ2) is 7.06. The molecule has 3 N–H and O–H groups in total. The lowest BCUT2D eigenvalue weighted by atomic mass is 10.1. The van der Waals surface area contributed by atoms with Gasteiger partial charge in [0.2, 0.25) is 10.0 Å². The summed E-state index contributed by atoms with van der Waals surface area (Å²) in [7, 11) is -3.35. The summed E-state index contributed by atoms with van der Waals surface area (Å²) in [6, 6.07) is 7.51. The largest absolute Gasteiger partial charge is 0.385 e. The molecule has 5 nitrogen and oxygen atoms in total. The van der Waals surface area contributed by atoms with E-state index in [1.54, 1.807) is 19.1 Å². The Bertz CT molecular complexity index is 508. The van der Waals surface area contributed by atoms with Gasteiger partial charge in [-0.1, -0.05) is 6.92 Å². The predicted molar refractivity (Wildman–Crippen MR) is 81.4 cm³/mol. The zero-order valence-electron chi connectivity index (χ0n) is 11.9. The topological polar surface area (TPSA) is 70.2 Å². The van der Waals surface area contributed by atoms with Crippen molar-refractivity contribution in [3.05, 3.63) is 24.3 Å². The zero-order valence-corrected chi connectivity index (χ0v) is 12.7. The number of anilines is 1. The van der Waals surface area contributed by atoms with Crippen molar-refractivity contribution in [3.63, 3.8) is 0 Å². The van der Waals surface area contributed by atoms with Crippen molar-refractivity contribution in [3.8, 4) is 0 Å². The quantitative estimate of drug-likeness (QED) is 0.714. The zero-order chi connectivity index (χ0) is 14.4.